The molecule has 0 bridgehead atoms. The zero-order valence-electron chi connectivity index (χ0n) is 18.3. The lowest BCUT2D eigenvalue weighted by molar-refractivity contribution is -0.140. The summed E-state index contributed by atoms with van der Waals surface area (Å²) >= 11 is 0. The monoisotopic (exact) mass is 418 g/mol. The van der Waals surface area contributed by atoms with Crippen LogP contribution in [0.2, 0.25) is 0 Å². The summed E-state index contributed by atoms with van der Waals surface area (Å²) < 4.78 is 10.6. The third-order valence-electron chi connectivity index (χ3n) is 6.85. The number of carbonyl (C=O) groups is 2. The lowest BCUT2D eigenvalue weighted by Crippen LogP contribution is -2.48. The first-order chi connectivity index (χ1) is 14.5. The molecule has 30 heavy (non-hydrogen) atoms. The van der Waals surface area contributed by atoms with Gasteiger partial charge in [0.15, 0.2) is 0 Å². The third-order valence-corrected chi connectivity index (χ3v) is 6.85. The number of likely N-dealkylation sites (tertiary alicyclic amines) is 1. The summed E-state index contributed by atoms with van der Waals surface area (Å²) in [5, 5.41) is 3.92. The van der Waals surface area contributed by atoms with E-state index in [1.807, 2.05) is 4.90 Å². The first-order valence-electron chi connectivity index (χ1n) is 11.4. The van der Waals surface area contributed by atoms with Crippen LogP contribution < -0.4 is 0 Å². The molecule has 4 rings (SSSR count). The Bertz CT molecular complexity index is 735. The van der Waals surface area contributed by atoms with Crippen LogP contribution in [0.3, 0.4) is 0 Å². The molecule has 3 heterocycles. The van der Waals surface area contributed by atoms with Gasteiger partial charge in [-0.15, -0.1) is 0 Å². The highest BCUT2D eigenvalue weighted by atomic mass is 16.5. The number of morpholine rings is 1. The molecule has 0 radical (unpaired) electrons. The molecule has 8 heteroatoms. The van der Waals surface area contributed by atoms with E-state index in [1.54, 1.807) is 13.8 Å². The summed E-state index contributed by atoms with van der Waals surface area (Å²) in [6.07, 6.45) is 4.97. The Morgan fingerprint density at radius 2 is 1.90 bits per heavy atom. The fraction of sp³-hybridized carbons (Fsp3) is 0.773. The molecule has 2 aliphatic heterocycles. The van der Waals surface area contributed by atoms with E-state index in [9.17, 15) is 9.59 Å². The summed E-state index contributed by atoms with van der Waals surface area (Å²) in [6, 6.07) is 0.104. The zero-order chi connectivity index (χ0) is 21.1. The summed E-state index contributed by atoms with van der Waals surface area (Å²) in [7, 11) is 0. The minimum atomic E-state index is -0.0295. The first-order valence-corrected chi connectivity index (χ1v) is 11.4. The molecular formula is C22H34N4O4. The number of amides is 2. The van der Waals surface area contributed by atoms with E-state index in [0.29, 0.717) is 36.0 Å². The topological polar surface area (TPSA) is 79.1 Å². The zero-order valence-corrected chi connectivity index (χ0v) is 18.3. The number of hydrogen-bond acceptors (Lipinski definition) is 6. The van der Waals surface area contributed by atoms with Crippen LogP contribution in [0.1, 0.15) is 53.9 Å². The minimum absolute atomic E-state index is 0.0295. The molecule has 1 aromatic rings. The van der Waals surface area contributed by atoms with Crippen LogP contribution in [0.25, 0.3) is 0 Å². The van der Waals surface area contributed by atoms with Crippen molar-refractivity contribution in [1.29, 1.82) is 0 Å². The highest BCUT2D eigenvalue weighted by molar-refractivity contribution is 5.96. The van der Waals surface area contributed by atoms with Crippen molar-refractivity contribution >= 4 is 11.8 Å². The molecule has 1 aromatic heterocycles. The molecule has 2 amide bonds. The molecule has 166 valence electrons. The summed E-state index contributed by atoms with van der Waals surface area (Å²) in [6.45, 7) is 10.1. The van der Waals surface area contributed by atoms with Crippen molar-refractivity contribution in [1.82, 2.24) is 19.9 Å². The van der Waals surface area contributed by atoms with E-state index in [-0.39, 0.29) is 17.9 Å². The third kappa shape index (κ3) is 4.54. The quantitative estimate of drug-likeness (QED) is 0.673. The average molecular weight is 419 g/mol. The number of aryl methyl sites for hydroxylation is 2. The highest BCUT2D eigenvalue weighted by Gasteiger charge is 2.38. The number of aromatic nitrogens is 1. The van der Waals surface area contributed by atoms with Crippen molar-refractivity contribution in [3.8, 4) is 0 Å². The van der Waals surface area contributed by atoms with E-state index in [2.05, 4.69) is 15.0 Å². The summed E-state index contributed by atoms with van der Waals surface area (Å²) in [4.78, 5) is 32.5. The van der Waals surface area contributed by atoms with Gasteiger partial charge in [-0.2, -0.15) is 0 Å². The molecule has 8 nitrogen and oxygen atoms in total. The average Bonchev–Trinajstić information content (AvgIpc) is 3.31. The lowest BCUT2D eigenvalue weighted by atomic mass is 9.84. The number of hydrogen-bond donors (Lipinski definition) is 0. The van der Waals surface area contributed by atoms with Gasteiger partial charge in [-0.05, 0) is 39.5 Å². The molecular weight excluding hydrogens is 384 g/mol. The van der Waals surface area contributed by atoms with Gasteiger partial charge in [-0.1, -0.05) is 11.6 Å². The number of carbonyl (C=O) groups excluding carboxylic acids is 2. The van der Waals surface area contributed by atoms with Crippen molar-refractivity contribution in [3.63, 3.8) is 0 Å². The van der Waals surface area contributed by atoms with Crippen LogP contribution in [0.5, 0.6) is 0 Å². The Kier molecular flexibility index (Phi) is 6.73. The molecule has 0 N–H and O–H groups in total. The van der Waals surface area contributed by atoms with Gasteiger partial charge in [-0.25, -0.2) is 0 Å². The number of rotatable bonds is 7. The second kappa shape index (κ2) is 9.47. The maximum atomic E-state index is 13.2. The Hall–Kier alpha value is -1.93. The van der Waals surface area contributed by atoms with Crippen molar-refractivity contribution < 1.29 is 18.8 Å². The van der Waals surface area contributed by atoms with Crippen molar-refractivity contribution in [2.24, 2.45) is 5.92 Å². The molecule has 0 spiro atoms. The smallest absolute Gasteiger partial charge is 0.259 e. The van der Waals surface area contributed by atoms with E-state index < -0.39 is 0 Å². The maximum absolute atomic E-state index is 13.2. The molecule has 1 atom stereocenters. The second-order valence-corrected chi connectivity index (χ2v) is 8.86. The van der Waals surface area contributed by atoms with Gasteiger partial charge in [-0.3, -0.25) is 14.5 Å². The van der Waals surface area contributed by atoms with Crippen LogP contribution in [-0.2, 0) is 9.53 Å². The fourth-order valence-electron chi connectivity index (χ4n) is 4.78. The van der Waals surface area contributed by atoms with Crippen molar-refractivity contribution in [2.45, 2.75) is 52.0 Å². The Morgan fingerprint density at radius 1 is 1.13 bits per heavy atom. The van der Waals surface area contributed by atoms with Gasteiger partial charge in [0, 0.05) is 45.2 Å². The Balaban J connectivity index is 1.37. The van der Waals surface area contributed by atoms with Gasteiger partial charge in [0.05, 0.1) is 24.9 Å². The van der Waals surface area contributed by atoms with Crippen molar-refractivity contribution in [3.05, 3.63) is 17.0 Å². The van der Waals surface area contributed by atoms with Crippen molar-refractivity contribution in [2.75, 3.05) is 52.5 Å². The highest BCUT2D eigenvalue weighted by Crippen LogP contribution is 2.31. The standard InChI is InChI=1S/C22H34N4O4/c1-16-20(17(2)30-23-16)22(28)25-10-7-19(15-25)26(21(27)18-5-3-6-18)9-4-8-24-11-13-29-14-12-24/h18-19H,3-15H2,1-2H3. The first kappa shape index (κ1) is 21.3. The van der Waals surface area contributed by atoms with Gasteiger partial charge >= 0.3 is 0 Å². The molecule has 0 aromatic carbocycles. The van der Waals surface area contributed by atoms with Crippen LogP contribution in [0, 0.1) is 19.8 Å². The molecule has 1 unspecified atom stereocenters. The predicted molar refractivity (Wildman–Crippen MR) is 111 cm³/mol. The van der Waals surface area contributed by atoms with Gasteiger partial charge in [0.2, 0.25) is 5.91 Å². The number of ether oxygens (including phenoxy) is 1. The van der Waals surface area contributed by atoms with Gasteiger partial charge in [0.1, 0.15) is 11.3 Å². The van der Waals surface area contributed by atoms with Gasteiger partial charge < -0.3 is 19.1 Å². The molecule has 1 aliphatic carbocycles. The van der Waals surface area contributed by atoms with E-state index in [1.165, 1.54) is 0 Å². The summed E-state index contributed by atoms with van der Waals surface area (Å²) in [5.74, 6) is 1.01. The normalized spacial score (nSPS) is 22.9. The van der Waals surface area contributed by atoms with Crippen LogP contribution in [-0.4, -0.2) is 90.2 Å². The van der Waals surface area contributed by atoms with E-state index in [4.69, 9.17) is 9.26 Å². The largest absolute Gasteiger partial charge is 0.379 e. The molecule has 3 aliphatic rings. The Morgan fingerprint density at radius 3 is 2.53 bits per heavy atom. The molecule has 2 saturated heterocycles. The number of nitrogens with zero attached hydrogens (tertiary/aromatic N) is 4. The minimum Gasteiger partial charge on any atom is -0.379 e. The molecule has 3 fully saturated rings. The maximum Gasteiger partial charge on any atom is 0.259 e. The van der Waals surface area contributed by atoms with Crippen LogP contribution in [0.15, 0.2) is 4.52 Å². The van der Waals surface area contributed by atoms with E-state index in [0.717, 1.165) is 71.5 Å². The Labute approximate surface area is 178 Å². The molecule has 1 saturated carbocycles. The predicted octanol–water partition coefficient (Wildman–Crippen LogP) is 1.86. The summed E-state index contributed by atoms with van der Waals surface area (Å²) in [5.41, 5.74) is 1.20. The van der Waals surface area contributed by atoms with Crippen LogP contribution in [0.4, 0.5) is 0 Å². The van der Waals surface area contributed by atoms with E-state index >= 15 is 0 Å². The fourth-order valence-corrected chi connectivity index (χ4v) is 4.78. The SMILES string of the molecule is Cc1noc(C)c1C(=O)N1CCC(N(CCCN2CCOCC2)C(=O)C2CCC2)C1. The lowest BCUT2D eigenvalue weighted by Gasteiger charge is -2.36. The second-order valence-electron chi connectivity index (χ2n) is 8.86. The van der Waals surface area contributed by atoms with Gasteiger partial charge in [0.25, 0.3) is 5.91 Å². The van der Waals surface area contributed by atoms with Crippen LogP contribution >= 0.6 is 0 Å².